The van der Waals surface area contributed by atoms with Crippen molar-refractivity contribution in [1.82, 2.24) is 0 Å². The topological polar surface area (TPSA) is 35.2 Å². The molecule has 0 amide bonds. The Bertz CT molecular complexity index is 304. The maximum absolute atomic E-state index is 6.00. The smallest absolute Gasteiger partial charge is 0.0727 e. The second-order valence-corrected chi connectivity index (χ2v) is 4.36. The molecule has 0 saturated heterocycles. The Morgan fingerprint density at radius 1 is 1.19 bits per heavy atom. The largest absolute Gasteiger partial charge is 0.380 e. The van der Waals surface area contributed by atoms with Gasteiger partial charge in [-0.05, 0) is 30.7 Å². The van der Waals surface area contributed by atoms with Crippen LogP contribution in [0.1, 0.15) is 30.7 Å². The predicted molar refractivity (Wildman–Crippen MR) is 69.1 cm³/mol. The Morgan fingerprint density at radius 2 is 1.88 bits per heavy atom. The Labute approximate surface area is 104 Å². The van der Waals surface area contributed by atoms with E-state index in [2.05, 4.69) is 30.3 Å². The standard InChI is InChI=1S/C13H19NO.ClH/c1-15-13-9-11(7-8-12(13)14)10-5-3-2-4-6-10;/h2-6,11-13H,7-9,14H2,1H3;1H. The van der Waals surface area contributed by atoms with Gasteiger partial charge in [-0.3, -0.25) is 0 Å². The van der Waals surface area contributed by atoms with Gasteiger partial charge in [0.2, 0.25) is 0 Å². The Kier molecular flexibility index (Phi) is 5.26. The van der Waals surface area contributed by atoms with Gasteiger partial charge in [-0.1, -0.05) is 30.3 Å². The van der Waals surface area contributed by atoms with Crippen molar-refractivity contribution in [3.8, 4) is 0 Å². The van der Waals surface area contributed by atoms with Gasteiger partial charge in [-0.15, -0.1) is 12.4 Å². The predicted octanol–water partition coefficient (Wildman–Crippen LogP) is 2.72. The zero-order chi connectivity index (χ0) is 10.7. The number of rotatable bonds is 2. The molecule has 3 atom stereocenters. The molecule has 1 aromatic rings. The fourth-order valence-electron chi connectivity index (χ4n) is 2.45. The van der Waals surface area contributed by atoms with Gasteiger partial charge in [-0.25, -0.2) is 0 Å². The molecule has 1 fully saturated rings. The second kappa shape index (κ2) is 6.24. The van der Waals surface area contributed by atoms with Crippen molar-refractivity contribution in [2.75, 3.05) is 7.11 Å². The summed E-state index contributed by atoms with van der Waals surface area (Å²) in [5.41, 5.74) is 7.43. The van der Waals surface area contributed by atoms with Gasteiger partial charge in [-0.2, -0.15) is 0 Å². The summed E-state index contributed by atoms with van der Waals surface area (Å²) < 4.78 is 5.43. The highest BCUT2D eigenvalue weighted by atomic mass is 35.5. The average molecular weight is 242 g/mol. The summed E-state index contributed by atoms with van der Waals surface area (Å²) in [4.78, 5) is 0. The van der Waals surface area contributed by atoms with E-state index in [1.165, 1.54) is 12.0 Å². The average Bonchev–Trinajstić information content (AvgIpc) is 2.31. The van der Waals surface area contributed by atoms with Crippen LogP contribution in [0.3, 0.4) is 0 Å². The quantitative estimate of drug-likeness (QED) is 0.864. The van der Waals surface area contributed by atoms with Crippen molar-refractivity contribution in [1.29, 1.82) is 0 Å². The minimum atomic E-state index is 0. The zero-order valence-electron chi connectivity index (χ0n) is 9.63. The molecule has 0 aliphatic heterocycles. The van der Waals surface area contributed by atoms with Crippen LogP contribution in [-0.4, -0.2) is 19.3 Å². The van der Waals surface area contributed by atoms with Crippen molar-refractivity contribution < 1.29 is 4.74 Å². The second-order valence-electron chi connectivity index (χ2n) is 4.36. The molecule has 0 heterocycles. The summed E-state index contributed by atoms with van der Waals surface area (Å²) in [5.74, 6) is 0.621. The van der Waals surface area contributed by atoms with Crippen LogP contribution in [0.5, 0.6) is 0 Å². The molecule has 3 unspecified atom stereocenters. The fourth-order valence-corrected chi connectivity index (χ4v) is 2.45. The van der Waals surface area contributed by atoms with Crippen molar-refractivity contribution in [3.63, 3.8) is 0 Å². The molecular formula is C13H20ClNO. The van der Waals surface area contributed by atoms with Crippen molar-refractivity contribution in [3.05, 3.63) is 35.9 Å². The SMILES string of the molecule is COC1CC(c2ccccc2)CCC1N.Cl. The van der Waals surface area contributed by atoms with Gasteiger partial charge >= 0.3 is 0 Å². The van der Waals surface area contributed by atoms with Crippen molar-refractivity contribution in [2.24, 2.45) is 5.73 Å². The first-order valence-electron chi connectivity index (χ1n) is 5.64. The first kappa shape index (κ1) is 13.5. The van der Waals surface area contributed by atoms with Crippen LogP contribution < -0.4 is 5.73 Å². The molecule has 16 heavy (non-hydrogen) atoms. The molecule has 3 heteroatoms. The van der Waals surface area contributed by atoms with Crippen molar-refractivity contribution >= 4 is 12.4 Å². The molecule has 1 saturated carbocycles. The highest BCUT2D eigenvalue weighted by Crippen LogP contribution is 2.33. The van der Waals surface area contributed by atoms with Crippen LogP contribution in [0.15, 0.2) is 30.3 Å². The summed E-state index contributed by atoms with van der Waals surface area (Å²) in [6.07, 6.45) is 3.54. The van der Waals surface area contributed by atoms with E-state index in [0.29, 0.717) is 5.92 Å². The summed E-state index contributed by atoms with van der Waals surface area (Å²) in [6.45, 7) is 0. The monoisotopic (exact) mass is 241 g/mol. The third kappa shape index (κ3) is 2.97. The number of methoxy groups -OCH3 is 1. The van der Waals surface area contributed by atoms with Gasteiger partial charge in [0.05, 0.1) is 6.10 Å². The van der Waals surface area contributed by atoms with Crippen LogP contribution in [0, 0.1) is 0 Å². The third-order valence-corrected chi connectivity index (χ3v) is 3.42. The molecule has 1 aromatic carbocycles. The van der Waals surface area contributed by atoms with E-state index in [0.717, 1.165) is 12.8 Å². The first-order valence-corrected chi connectivity index (χ1v) is 5.64. The molecule has 90 valence electrons. The third-order valence-electron chi connectivity index (χ3n) is 3.42. The van der Waals surface area contributed by atoms with Gasteiger partial charge < -0.3 is 10.5 Å². The Morgan fingerprint density at radius 3 is 2.50 bits per heavy atom. The first-order chi connectivity index (χ1) is 7.31. The molecule has 1 aliphatic carbocycles. The van der Waals surface area contributed by atoms with Crippen LogP contribution in [0.25, 0.3) is 0 Å². The van der Waals surface area contributed by atoms with Crippen LogP contribution >= 0.6 is 12.4 Å². The van der Waals surface area contributed by atoms with Gasteiger partial charge in [0.25, 0.3) is 0 Å². The van der Waals surface area contributed by atoms with Gasteiger partial charge in [0, 0.05) is 13.2 Å². The number of halogens is 1. The maximum atomic E-state index is 6.00. The van der Waals surface area contributed by atoms with E-state index < -0.39 is 0 Å². The van der Waals surface area contributed by atoms with Crippen LogP contribution in [0.4, 0.5) is 0 Å². The molecular weight excluding hydrogens is 222 g/mol. The fraction of sp³-hybridized carbons (Fsp3) is 0.538. The Balaban J connectivity index is 0.00000128. The molecule has 0 aromatic heterocycles. The highest BCUT2D eigenvalue weighted by molar-refractivity contribution is 5.85. The van der Waals surface area contributed by atoms with Gasteiger partial charge in [0.1, 0.15) is 0 Å². The van der Waals surface area contributed by atoms with Crippen LogP contribution in [-0.2, 0) is 4.74 Å². The molecule has 2 N–H and O–H groups in total. The summed E-state index contributed by atoms with van der Waals surface area (Å²) in [5, 5.41) is 0. The lowest BCUT2D eigenvalue weighted by Crippen LogP contribution is -2.40. The van der Waals surface area contributed by atoms with E-state index in [9.17, 15) is 0 Å². The highest BCUT2D eigenvalue weighted by Gasteiger charge is 2.28. The number of ether oxygens (including phenoxy) is 1. The molecule has 0 radical (unpaired) electrons. The van der Waals surface area contributed by atoms with Crippen LogP contribution in [0.2, 0.25) is 0 Å². The summed E-state index contributed by atoms with van der Waals surface area (Å²) in [6, 6.07) is 10.9. The summed E-state index contributed by atoms with van der Waals surface area (Å²) >= 11 is 0. The minimum Gasteiger partial charge on any atom is -0.380 e. The molecule has 0 bridgehead atoms. The number of hydrogen-bond donors (Lipinski definition) is 1. The van der Waals surface area contributed by atoms with E-state index in [1.807, 2.05) is 0 Å². The molecule has 2 nitrogen and oxygen atoms in total. The Hall–Kier alpha value is -0.570. The maximum Gasteiger partial charge on any atom is 0.0727 e. The lowest BCUT2D eigenvalue weighted by atomic mass is 9.80. The number of benzene rings is 1. The van der Waals surface area contributed by atoms with Gasteiger partial charge in [0.15, 0.2) is 0 Å². The zero-order valence-corrected chi connectivity index (χ0v) is 10.5. The van der Waals surface area contributed by atoms with E-state index in [4.69, 9.17) is 10.5 Å². The number of nitrogens with two attached hydrogens (primary N) is 1. The molecule has 0 spiro atoms. The van der Waals surface area contributed by atoms with Crippen molar-refractivity contribution in [2.45, 2.75) is 37.3 Å². The normalized spacial score (nSPS) is 29.5. The van der Waals surface area contributed by atoms with E-state index >= 15 is 0 Å². The molecule has 1 aliphatic rings. The summed E-state index contributed by atoms with van der Waals surface area (Å²) in [7, 11) is 1.76. The molecule has 2 rings (SSSR count). The lowest BCUT2D eigenvalue weighted by molar-refractivity contribution is 0.0472. The lowest BCUT2D eigenvalue weighted by Gasteiger charge is -2.33. The van der Waals surface area contributed by atoms with E-state index in [1.54, 1.807) is 7.11 Å². The van der Waals surface area contributed by atoms with E-state index in [-0.39, 0.29) is 24.6 Å². The number of hydrogen-bond acceptors (Lipinski definition) is 2. The minimum absolute atomic E-state index is 0.